The van der Waals surface area contributed by atoms with Gasteiger partial charge in [-0.15, -0.1) is 5.10 Å². The third-order valence-corrected chi connectivity index (χ3v) is 6.35. The number of aromatic amines is 1. The molecule has 1 aromatic carbocycles. The number of carbonyl (C=O) groups excluding carboxylic acids is 3. The SMILES string of the molecule is O=C(NC1(c2c[nH]nn2)CC(F)(F)C1)C(=O)N1CC[C@H](C(=O)Nc2ccc(Cl)c(Cl)c2)C1. The molecule has 1 aliphatic carbocycles. The van der Waals surface area contributed by atoms with Crippen LogP contribution in [0.25, 0.3) is 0 Å². The monoisotopic (exact) mass is 486 g/mol. The van der Waals surface area contributed by atoms with Crippen molar-refractivity contribution in [3.05, 3.63) is 40.1 Å². The van der Waals surface area contributed by atoms with Gasteiger partial charge < -0.3 is 15.5 Å². The van der Waals surface area contributed by atoms with Crippen LogP contribution in [0.15, 0.2) is 24.4 Å². The van der Waals surface area contributed by atoms with Gasteiger partial charge in [-0.25, -0.2) is 8.78 Å². The standard InChI is InChI=1S/C19H18Cl2F2N6O3/c20-12-2-1-11(5-13(12)21)25-15(30)10-3-4-29(7-10)17(32)16(31)26-18(8-19(22,23)9-18)14-6-24-28-27-14/h1-2,5-6,10H,3-4,7-9H2,(H,25,30)(H,26,31)(H,24,27,28)/t10-/m0/s1. The fourth-order valence-corrected chi connectivity index (χ4v) is 4.29. The number of halogens is 4. The summed E-state index contributed by atoms with van der Waals surface area (Å²) in [6.45, 7) is 0.200. The Morgan fingerprint density at radius 3 is 2.56 bits per heavy atom. The predicted octanol–water partition coefficient (Wildman–Crippen LogP) is 2.34. The molecule has 32 heavy (non-hydrogen) atoms. The van der Waals surface area contributed by atoms with Crippen molar-refractivity contribution in [2.75, 3.05) is 18.4 Å². The lowest BCUT2D eigenvalue weighted by molar-refractivity contribution is -0.159. The van der Waals surface area contributed by atoms with Crippen molar-refractivity contribution in [2.45, 2.75) is 30.7 Å². The highest BCUT2D eigenvalue weighted by Crippen LogP contribution is 2.50. The molecule has 0 bridgehead atoms. The molecule has 3 amide bonds. The van der Waals surface area contributed by atoms with Gasteiger partial charge in [-0.1, -0.05) is 28.4 Å². The molecule has 2 fully saturated rings. The van der Waals surface area contributed by atoms with Crippen LogP contribution >= 0.6 is 23.2 Å². The Hall–Kier alpha value is -2.79. The Bertz CT molecular complexity index is 1060. The number of H-pyrrole nitrogens is 1. The summed E-state index contributed by atoms with van der Waals surface area (Å²) in [6.07, 6.45) is 0.290. The first-order valence-electron chi connectivity index (χ1n) is 9.71. The van der Waals surface area contributed by atoms with Crippen LogP contribution in [0.3, 0.4) is 0 Å². The molecule has 1 aromatic heterocycles. The van der Waals surface area contributed by atoms with Gasteiger partial charge in [-0.2, -0.15) is 0 Å². The van der Waals surface area contributed by atoms with E-state index in [4.69, 9.17) is 23.2 Å². The van der Waals surface area contributed by atoms with E-state index < -0.39 is 42.0 Å². The van der Waals surface area contributed by atoms with E-state index in [1.165, 1.54) is 17.2 Å². The Kier molecular flexibility index (Phi) is 5.80. The highest BCUT2D eigenvalue weighted by molar-refractivity contribution is 6.42. The topological polar surface area (TPSA) is 120 Å². The molecule has 1 saturated carbocycles. The average Bonchev–Trinajstić information content (AvgIpc) is 3.41. The molecule has 3 N–H and O–H groups in total. The third kappa shape index (κ3) is 4.40. The van der Waals surface area contributed by atoms with Gasteiger partial charge in [0.1, 0.15) is 5.69 Å². The van der Waals surface area contributed by atoms with Crippen molar-refractivity contribution in [1.82, 2.24) is 25.6 Å². The van der Waals surface area contributed by atoms with Crippen LogP contribution in [-0.2, 0) is 19.9 Å². The number of alkyl halides is 2. The summed E-state index contributed by atoms with van der Waals surface area (Å²) >= 11 is 11.8. The minimum Gasteiger partial charge on any atom is -0.336 e. The zero-order valence-electron chi connectivity index (χ0n) is 16.5. The molecule has 2 aromatic rings. The second-order valence-corrected chi connectivity index (χ2v) is 8.77. The molecule has 13 heteroatoms. The highest BCUT2D eigenvalue weighted by Gasteiger charge is 2.60. The molecule has 0 spiro atoms. The molecule has 2 aliphatic rings. The van der Waals surface area contributed by atoms with E-state index in [1.54, 1.807) is 12.1 Å². The number of rotatable bonds is 4. The van der Waals surface area contributed by atoms with E-state index in [9.17, 15) is 23.2 Å². The smallest absolute Gasteiger partial charge is 0.311 e. The van der Waals surface area contributed by atoms with Gasteiger partial charge in [0.25, 0.3) is 5.92 Å². The van der Waals surface area contributed by atoms with E-state index in [0.717, 1.165) is 0 Å². The first-order valence-corrected chi connectivity index (χ1v) is 10.5. The maximum atomic E-state index is 13.6. The van der Waals surface area contributed by atoms with E-state index in [2.05, 4.69) is 26.0 Å². The molecule has 170 valence electrons. The van der Waals surface area contributed by atoms with Gasteiger partial charge in [0.15, 0.2) is 0 Å². The molecule has 9 nitrogen and oxygen atoms in total. The molecule has 1 saturated heterocycles. The zero-order chi connectivity index (χ0) is 23.1. The lowest BCUT2D eigenvalue weighted by Gasteiger charge is -2.46. The summed E-state index contributed by atoms with van der Waals surface area (Å²) < 4.78 is 27.2. The number of amides is 3. The molecular formula is C19H18Cl2F2N6O3. The number of nitrogens with one attached hydrogen (secondary N) is 3. The first kappa shape index (κ1) is 22.4. The maximum absolute atomic E-state index is 13.6. The number of aromatic nitrogens is 3. The second-order valence-electron chi connectivity index (χ2n) is 7.96. The molecule has 1 atom stereocenters. The Balaban J connectivity index is 1.36. The zero-order valence-corrected chi connectivity index (χ0v) is 18.0. The fourth-order valence-electron chi connectivity index (χ4n) is 3.99. The van der Waals surface area contributed by atoms with Gasteiger partial charge in [-0.05, 0) is 24.6 Å². The number of benzene rings is 1. The summed E-state index contributed by atoms with van der Waals surface area (Å²) in [5.41, 5.74) is -0.884. The van der Waals surface area contributed by atoms with Crippen molar-refractivity contribution in [2.24, 2.45) is 5.92 Å². The maximum Gasteiger partial charge on any atom is 0.311 e. The first-order chi connectivity index (χ1) is 15.1. The van der Waals surface area contributed by atoms with E-state index >= 15 is 0 Å². The van der Waals surface area contributed by atoms with Crippen molar-refractivity contribution >= 4 is 46.6 Å². The Morgan fingerprint density at radius 1 is 1.19 bits per heavy atom. The van der Waals surface area contributed by atoms with Crippen LogP contribution in [0.4, 0.5) is 14.5 Å². The molecule has 2 heterocycles. The van der Waals surface area contributed by atoms with Crippen molar-refractivity contribution in [3.63, 3.8) is 0 Å². The fraction of sp³-hybridized carbons (Fsp3) is 0.421. The summed E-state index contributed by atoms with van der Waals surface area (Å²) in [4.78, 5) is 38.9. The lowest BCUT2D eigenvalue weighted by Crippen LogP contribution is -2.62. The molecular weight excluding hydrogens is 469 g/mol. The van der Waals surface area contributed by atoms with E-state index in [1.807, 2.05) is 0 Å². The van der Waals surface area contributed by atoms with Crippen molar-refractivity contribution in [1.29, 1.82) is 0 Å². The number of anilines is 1. The van der Waals surface area contributed by atoms with Gasteiger partial charge in [0.05, 0.1) is 21.5 Å². The van der Waals surface area contributed by atoms with Crippen molar-refractivity contribution in [3.8, 4) is 0 Å². The number of nitrogens with zero attached hydrogens (tertiary/aromatic N) is 3. The van der Waals surface area contributed by atoms with Crippen LogP contribution in [-0.4, -0.2) is 57.0 Å². The van der Waals surface area contributed by atoms with Gasteiger partial charge in [0, 0.05) is 37.8 Å². The quantitative estimate of drug-likeness (QED) is 0.572. The summed E-state index contributed by atoms with van der Waals surface area (Å²) in [5.74, 6) is -5.78. The third-order valence-electron chi connectivity index (χ3n) is 5.61. The lowest BCUT2D eigenvalue weighted by atomic mass is 9.71. The minimum atomic E-state index is -2.98. The van der Waals surface area contributed by atoms with Crippen molar-refractivity contribution < 1.29 is 23.2 Å². The number of hydrogen-bond acceptors (Lipinski definition) is 5. The average molecular weight is 487 g/mol. The largest absolute Gasteiger partial charge is 0.336 e. The second kappa shape index (κ2) is 8.28. The normalized spacial score (nSPS) is 21.0. The van der Waals surface area contributed by atoms with Crippen LogP contribution in [0.5, 0.6) is 0 Å². The van der Waals surface area contributed by atoms with Gasteiger partial charge in [-0.3, -0.25) is 19.5 Å². The Labute approximate surface area is 190 Å². The summed E-state index contributed by atoms with van der Waals surface area (Å²) in [5, 5.41) is 15.4. The number of carbonyl (C=O) groups is 3. The summed E-state index contributed by atoms with van der Waals surface area (Å²) in [6, 6.07) is 4.64. The molecule has 0 radical (unpaired) electrons. The minimum absolute atomic E-state index is 0.0204. The summed E-state index contributed by atoms with van der Waals surface area (Å²) in [7, 11) is 0. The van der Waals surface area contributed by atoms with E-state index in [0.29, 0.717) is 17.1 Å². The predicted molar refractivity (Wildman–Crippen MR) is 110 cm³/mol. The van der Waals surface area contributed by atoms with Crippen LogP contribution in [0, 0.1) is 5.92 Å². The van der Waals surface area contributed by atoms with Gasteiger partial charge >= 0.3 is 11.8 Å². The molecule has 0 unspecified atom stereocenters. The highest BCUT2D eigenvalue weighted by atomic mass is 35.5. The Morgan fingerprint density at radius 2 is 1.94 bits per heavy atom. The molecule has 1 aliphatic heterocycles. The number of hydrogen-bond donors (Lipinski definition) is 3. The molecule has 4 rings (SSSR count). The van der Waals surface area contributed by atoms with Gasteiger partial charge in [0.2, 0.25) is 5.91 Å². The van der Waals surface area contributed by atoms with Crippen LogP contribution < -0.4 is 10.6 Å². The number of likely N-dealkylation sites (tertiary alicyclic amines) is 1. The van der Waals surface area contributed by atoms with Crippen LogP contribution in [0.2, 0.25) is 10.0 Å². The van der Waals surface area contributed by atoms with Crippen LogP contribution in [0.1, 0.15) is 25.0 Å². The van der Waals surface area contributed by atoms with E-state index in [-0.39, 0.29) is 29.7 Å².